The average molecular weight is 250 g/mol. The van der Waals surface area contributed by atoms with Gasteiger partial charge in [0.15, 0.2) is 5.78 Å². The molecule has 1 aromatic carbocycles. The number of carbonyl (C=O) groups excluding carboxylic acids is 2. The number of methoxy groups -OCH3 is 1. The minimum absolute atomic E-state index is 0.140. The van der Waals surface area contributed by atoms with Gasteiger partial charge >= 0.3 is 5.97 Å². The van der Waals surface area contributed by atoms with Crippen LogP contribution in [0.3, 0.4) is 0 Å². The first-order valence-corrected chi connectivity index (χ1v) is 5.97. The average Bonchev–Trinajstić information content (AvgIpc) is 2.40. The number of rotatable bonds is 6. The molecule has 0 fully saturated rings. The number of hydrogen-bond acceptors (Lipinski definition) is 4. The van der Waals surface area contributed by atoms with E-state index < -0.39 is 11.9 Å². The summed E-state index contributed by atoms with van der Waals surface area (Å²) in [4.78, 5) is 23.7. The minimum Gasteiger partial charge on any atom is -0.497 e. The van der Waals surface area contributed by atoms with Gasteiger partial charge in [0, 0.05) is 6.42 Å². The summed E-state index contributed by atoms with van der Waals surface area (Å²) < 4.78 is 9.99. The van der Waals surface area contributed by atoms with E-state index in [0.29, 0.717) is 17.7 Å². The molecule has 0 bridgehead atoms. The minimum atomic E-state index is -0.833. The van der Waals surface area contributed by atoms with Crippen molar-refractivity contribution in [1.29, 1.82) is 0 Å². The molecule has 0 aliphatic carbocycles. The molecule has 0 amide bonds. The van der Waals surface area contributed by atoms with Crippen LogP contribution in [0.1, 0.15) is 31.7 Å². The molecule has 98 valence electrons. The quantitative estimate of drug-likeness (QED) is 0.574. The van der Waals surface area contributed by atoms with Crippen LogP contribution in [0, 0.1) is 0 Å². The van der Waals surface area contributed by atoms with Crippen molar-refractivity contribution >= 4 is 11.8 Å². The zero-order chi connectivity index (χ0) is 13.5. The van der Waals surface area contributed by atoms with E-state index in [1.807, 2.05) is 0 Å². The Morgan fingerprint density at radius 3 is 2.22 bits per heavy atom. The van der Waals surface area contributed by atoms with Crippen molar-refractivity contribution in [2.75, 3.05) is 13.7 Å². The lowest BCUT2D eigenvalue weighted by Crippen LogP contribution is -2.23. The Balaban J connectivity index is 3.01. The van der Waals surface area contributed by atoms with E-state index in [0.717, 1.165) is 0 Å². The van der Waals surface area contributed by atoms with Crippen molar-refractivity contribution in [3.05, 3.63) is 29.8 Å². The maximum absolute atomic E-state index is 11.9. The maximum atomic E-state index is 11.9. The smallest absolute Gasteiger partial charge is 0.321 e. The third kappa shape index (κ3) is 3.32. The zero-order valence-corrected chi connectivity index (χ0v) is 10.9. The molecule has 1 rings (SSSR count). The molecular weight excluding hydrogens is 232 g/mol. The fourth-order valence-corrected chi connectivity index (χ4v) is 1.68. The van der Waals surface area contributed by atoms with Crippen molar-refractivity contribution in [1.82, 2.24) is 0 Å². The van der Waals surface area contributed by atoms with Crippen molar-refractivity contribution < 1.29 is 19.1 Å². The SMILES string of the molecule is CCOC(=O)C(C(=O)CC)c1ccc(OC)cc1. The summed E-state index contributed by atoms with van der Waals surface area (Å²) in [6.07, 6.45) is 0.301. The second kappa shape index (κ2) is 6.79. The molecule has 18 heavy (non-hydrogen) atoms. The lowest BCUT2D eigenvalue weighted by atomic mass is 9.93. The molecule has 0 saturated carbocycles. The second-order valence-electron chi connectivity index (χ2n) is 3.78. The first-order chi connectivity index (χ1) is 8.63. The van der Waals surface area contributed by atoms with Crippen LogP contribution in [-0.2, 0) is 14.3 Å². The Morgan fingerprint density at radius 1 is 1.17 bits per heavy atom. The number of esters is 1. The topological polar surface area (TPSA) is 52.6 Å². The first kappa shape index (κ1) is 14.2. The molecule has 4 heteroatoms. The Hall–Kier alpha value is -1.84. The molecule has 0 aromatic heterocycles. The van der Waals surface area contributed by atoms with Crippen LogP contribution in [0.4, 0.5) is 0 Å². The van der Waals surface area contributed by atoms with Gasteiger partial charge in [-0.25, -0.2) is 0 Å². The fraction of sp³-hybridized carbons (Fsp3) is 0.429. The normalized spacial score (nSPS) is 11.7. The van der Waals surface area contributed by atoms with Crippen LogP contribution < -0.4 is 4.74 Å². The molecular formula is C14H18O4. The molecule has 0 saturated heterocycles. The van der Waals surface area contributed by atoms with Gasteiger partial charge in [-0.3, -0.25) is 9.59 Å². The third-order valence-corrected chi connectivity index (χ3v) is 2.64. The Kier molecular flexibility index (Phi) is 5.36. The molecule has 0 aliphatic rings. The number of hydrogen-bond donors (Lipinski definition) is 0. The molecule has 1 atom stereocenters. The summed E-state index contributed by atoms with van der Waals surface area (Å²) in [5, 5.41) is 0. The first-order valence-electron chi connectivity index (χ1n) is 5.97. The van der Waals surface area contributed by atoms with Crippen LogP contribution in [0.15, 0.2) is 24.3 Å². The largest absolute Gasteiger partial charge is 0.497 e. The van der Waals surface area contributed by atoms with Gasteiger partial charge in [-0.2, -0.15) is 0 Å². The van der Waals surface area contributed by atoms with Crippen LogP contribution in [0.2, 0.25) is 0 Å². The van der Waals surface area contributed by atoms with Crippen LogP contribution in [-0.4, -0.2) is 25.5 Å². The van der Waals surface area contributed by atoms with E-state index in [1.54, 1.807) is 45.2 Å². The number of ether oxygens (including phenoxy) is 2. The summed E-state index contributed by atoms with van der Waals surface area (Å²) in [7, 11) is 1.56. The summed E-state index contributed by atoms with van der Waals surface area (Å²) in [5.41, 5.74) is 0.640. The van der Waals surface area contributed by atoms with Crippen molar-refractivity contribution in [2.24, 2.45) is 0 Å². The highest BCUT2D eigenvalue weighted by atomic mass is 16.5. The van der Waals surface area contributed by atoms with Crippen LogP contribution in [0.25, 0.3) is 0 Å². The number of carbonyl (C=O) groups is 2. The molecule has 4 nitrogen and oxygen atoms in total. The highest BCUT2D eigenvalue weighted by Gasteiger charge is 2.28. The molecule has 1 unspecified atom stereocenters. The number of Topliss-reactive ketones (excluding diaryl/α,β-unsaturated/α-hetero) is 1. The molecule has 1 aromatic rings. The lowest BCUT2D eigenvalue weighted by Gasteiger charge is -2.14. The second-order valence-corrected chi connectivity index (χ2v) is 3.78. The third-order valence-electron chi connectivity index (χ3n) is 2.64. The van der Waals surface area contributed by atoms with Gasteiger partial charge in [0.1, 0.15) is 11.7 Å². The summed E-state index contributed by atoms with van der Waals surface area (Å²) >= 11 is 0. The summed E-state index contributed by atoms with van der Waals surface area (Å²) in [5.74, 6) is -0.778. The van der Waals surface area contributed by atoms with E-state index in [2.05, 4.69) is 0 Å². The van der Waals surface area contributed by atoms with Gasteiger partial charge in [0.2, 0.25) is 0 Å². The van der Waals surface area contributed by atoms with E-state index in [1.165, 1.54) is 0 Å². The monoisotopic (exact) mass is 250 g/mol. The van der Waals surface area contributed by atoms with Crippen molar-refractivity contribution in [3.8, 4) is 5.75 Å². The maximum Gasteiger partial charge on any atom is 0.321 e. The summed E-state index contributed by atoms with van der Waals surface area (Å²) in [6.45, 7) is 3.72. The van der Waals surface area contributed by atoms with E-state index in [9.17, 15) is 9.59 Å². The highest BCUT2D eigenvalue weighted by molar-refractivity contribution is 6.04. The fourth-order valence-electron chi connectivity index (χ4n) is 1.68. The van der Waals surface area contributed by atoms with Gasteiger partial charge in [-0.1, -0.05) is 19.1 Å². The van der Waals surface area contributed by atoms with Gasteiger partial charge in [0.05, 0.1) is 13.7 Å². The lowest BCUT2D eigenvalue weighted by molar-refractivity contribution is -0.147. The Bertz CT molecular complexity index is 408. The van der Waals surface area contributed by atoms with Crippen LogP contribution >= 0.6 is 0 Å². The standard InChI is InChI=1S/C14H18O4/c1-4-12(15)13(14(16)18-5-2)10-6-8-11(17-3)9-7-10/h6-9,13H,4-5H2,1-3H3. The van der Waals surface area contributed by atoms with Crippen molar-refractivity contribution in [2.45, 2.75) is 26.2 Å². The van der Waals surface area contributed by atoms with Gasteiger partial charge in [-0.05, 0) is 24.6 Å². The zero-order valence-electron chi connectivity index (χ0n) is 10.9. The Morgan fingerprint density at radius 2 is 1.78 bits per heavy atom. The predicted octanol–water partition coefficient (Wildman–Crippen LogP) is 2.32. The Labute approximate surface area is 107 Å². The molecule has 0 N–H and O–H groups in total. The number of benzene rings is 1. The molecule has 0 aliphatic heterocycles. The van der Waals surface area contributed by atoms with E-state index in [-0.39, 0.29) is 12.4 Å². The van der Waals surface area contributed by atoms with Crippen molar-refractivity contribution in [3.63, 3.8) is 0 Å². The molecule has 0 heterocycles. The van der Waals surface area contributed by atoms with Crippen LogP contribution in [0.5, 0.6) is 5.75 Å². The predicted molar refractivity (Wildman–Crippen MR) is 67.7 cm³/mol. The van der Waals surface area contributed by atoms with E-state index in [4.69, 9.17) is 9.47 Å². The summed E-state index contributed by atoms with van der Waals surface area (Å²) in [6, 6.07) is 6.89. The van der Waals surface area contributed by atoms with Gasteiger partial charge in [-0.15, -0.1) is 0 Å². The van der Waals surface area contributed by atoms with E-state index >= 15 is 0 Å². The molecule has 0 spiro atoms. The number of ketones is 1. The van der Waals surface area contributed by atoms with Gasteiger partial charge < -0.3 is 9.47 Å². The molecule has 0 radical (unpaired) electrons. The van der Waals surface area contributed by atoms with Gasteiger partial charge in [0.25, 0.3) is 0 Å². The highest BCUT2D eigenvalue weighted by Crippen LogP contribution is 2.22.